The number of anilines is 1. The fraction of sp³-hybridized carbons (Fsp3) is 0.231. The molecule has 100 valence electrons. The Morgan fingerprint density at radius 3 is 3.00 bits per heavy atom. The van der Waals surface area contributed by atoms with Crippen molar-refractivity contribution in [1.82, 2.24) is 10.2 Å². The lowest BCUT2D eigenvalue weighted by molar-refractivity contribution is 0.996. The standard InChI is InChI=1S/C13H14ClN3S2/c1-3-8-15-12-16-17-13(19-12)18-9(2)10-6-4-5-7-11(10)14/h3-7,9H,1,8H2,2H3,(H,15,16)/t9-/m0/s1. The molecule has 0 saturated carbocycles. The van der Waals surface area contributed by atoms with Gasteiger partial charge in [-0.1, -0.05) is 59.0 Å². The van der Waals surface area contributed by atoms with E-state index in [-0.39, 0.29) is 5.25 Å². The number of rotatable bonds is 6. The van der Waals surface area contributed by atoms with Crippen LogP contribution in [0.25, 0.3) is 0 Å². The number of aromatic nitrogens is 2. The Bertz CT molecular complexity index is 556. The van der Waals surface area contributed by atoms with E-state index in [0.717, 1.165) is 20.1 Å². The molecule has 0 aliphatic carbocycles. The van der Waals surface area contributed by atoms with E-state index in [1.165, 1.54) is 0 Å². The van der Waals surface area contributed by atoms with Crippen molar-refractivity contribution >= 4 is 39.8 Å². The Hall–Kier alpha value is -1.04. The van der Waals surface area contributed by atoms with E-state index in [4.69, 9.17) is 11.6 Å². The van der Waals surface area contributed by atoms with Crippen molar-refractivity contribution in [1.29, 1.82) is 0 Å². The van der Waals surface area contributed by atoms with Crippen LogP contribution in [0.1, 0.15) is 17.7 Å². The summed E-state index contributed by atoms with van der Waals surface area (Å²) in [6.07, 6.45) is 1.79. The maximum absolute atomic E-state index is 6.19. The second-order valence-corrected chi connectivity index (χ2v) is 6.80. The highest BCUT2D eigenvalue weighted by Gasteiger charge is 2.13. The Kier molecular flexibility index (Phi) is 5.24. The Labute approximate surface area is 126 Å². The fourth-order valence-electron chi connectivity index (χ4n) is 1.51. The molecular formula is C13H14ClN3S2. The molecule has 1 heterocycles. The Morgan fingerprint density at radius 2 is 2.26 bits per heavy atom. The molecule has 0 bridgehead atoms. The molecule has 1 aromatic heterocycles. The average molecular weight is 312 g/mol. The van der Waals surface area contributed by atoms with Gasteiger partial charge in [-0.15, -0.1) is 16.8 Å². The summed E-state index contributed by atoms with van der Waals surface area (Å²) in [6, 6.07) is 7.88. The van der Waals surface area contributed by atoms with Gasteiger partial charge in [-0.2, -0.15) is 0 Å². The van der Waals surface area contributed by atoms with Crippen molar-refractivity contribution in [2.75, 3.05) is 11.9 Å². The summed E-state index contributed by atoms with van der Waals surface area (Å²) in [7, 11) is 0. The number of nitrogens with zero attached hydrogens (tertiary/aromatic N) is 2. The van der Waals surface area contributed by atoms with Crippen LogP contribution in [-0.2, 0) is 0 Å². The first-order valence-corrected chi connectivity index (χ1v) is 7.87. The maximum atomic E-state index is 6.19. The summed E-state index contributed by atoms with van der Waals surface area (Å²) < 4.78 is 0.930. The molecule has 0 amide bonds. The molecule has 0 unspecified atom stereocenters. The Balaban J connectivity index is 2.02. The number of hydrogen-bond acceptors (Lipinski definition) is 5. The van der Waals surface area contributed by atoms with Gasteiger partial charge in [0.25, 0.3) is 0 Å². The lowest BCUT2D eigenvalue weighted by atomic mass is 10.2. The van der Waals surface area contributed by atoms with Crippen molar-refractivity contribution in [3.8, 4) is 0 Å². The van der Waals surface area contributed by atoms with Gasteiger partial charge in [0, 0.05) is 16.8 Å². The summed E-state index contributed by atoms with van der Waals surface area (Å²) in [5.74, 6) is 0. The van der Waals surface area contributed by atoms with E-state index in [1.807, 2.05) is 24.3 Å². The van der Waals surface area contributed by atoms with Crippen LogP contribution in [0, 0.1) is 0 Å². The molecule has 1 atom stereocenters. The highest BCUT2D eigenvalue weighted by Crippen LogP contribution is 2.39. The molecular weight excluding hydrogens is 298 g/mol. The first-order valence-electron chi connectivity index (χ1n) is 5.80. The molecule has 2 aromatic rings. The predicted octanol–water partition coefficient (Wildman–Crippen LogP) is 4.64. The predicted molar refractivity (Wildman–Crippen MR) is 84.3 cm³/mol. The second kappa shape index (κ2) is 6.93. The van der Waals surface area contributed by atoms with Crippen LogP contribution >= 0.6 is 34.7 Å². The highest BCUT2D eigenvalue weighted by atomic mass is 35.5. The number of nitrogens with one attached hydrogen (secondary N) is 1. The van der Waals surface area contributed by atoms with Crippen molar-refractivity contribution in [2.24, 2.45) is 0 Å². The summed E-state index contributed by atoms with van der Waals surface area (Å²) in [4.78, 5) is 0. The maximum Gasteiger partial charge on any atom is 0.206 e. The van der Waals surface area contributed by atoms with Crippen molar-refractivity contribution in [3.63, 3.8) is 0 Å². The van der Waals surface area contributed by atoms with Crippen LogP contribution in [0.4, 0.5) is 5.13 Å². The van der Waals surface area contributed by atoms with Gasteiger partial charge < -0.3 is 5.32 Å². The lowest BCUT2D eigenvalue weighted by Crippen LogP contribution is -1.96. The molecule has 2 rings (SSSR count). The van der Waals surface area contributed by atoms with E-state index >= 15 is 0 Å². The van der Waals surface area contributed by atoms with Gasteiger partial charge in [-0.25, -0.2) is 0 Å². The quantitative estimate of drug-likeness (QED) is 0.623. The van der Waals surface area contributed by atoms with Crippen LogP contribution in [0.15, 0.2) is 41.3 Å². The molecule has 1 N–H and O–H groups in total. The second-order valence-electron chi connectivity index (χ2n) is 3.82. The van der Waals surface area contributed by atoms with Gasteiger partial charge in [0.15, 0.2) is 4.34 Å². The van der Waals surface area contributed by atoms with Crippen LogP contribution in [-0.4, -0.2) is 16.7 Å². The number of halogens is 1. The largest absolute Gasteiger partial charge is 0.357 e. The molecule has 0 radical (unpaired) electrons. The highest BCUT2D eigenvalue weighted by molar-refractivity contribution is 8.01. The van der Waals surface area contributed by atoms with E-state index < -0.39 is 0 Å². The van der Waals surface area contributed by atoms with E-state index in [9.17, 15) is 0 Å². The van der Waals surface area contributed by atoms with Gasteiger partial charge >= 0.3 is 0 Å². The van der Waals surface area contributed by atoms with Gasteiger partial charge in [0.2, 0.25) is 5.13 Å². The van der Waals surface area contributed by atoms with Crippen molar-refractivity contribution in [3.05, 3.63) is 47.5 Å². The topological polar surface area (TPSA) is 37.8 Å². The zero-order chi connectivity index (χ0) is 13.7. The summed E-state index contributed by atoms with van der Waals surface area (Å²) in [5, 5.41) is 13.2. The first kappa shape index (κ1) is 14.4. The molecule has 19 heavy (non-hydrogen) atoms. The molecule has 3 nitrogen and oxygen atoms in total. The Morgan fingerprint density at radius 1 is 1.47 bits per heavy atom. The van der Waals surface area contributed by atoms with E-state index in [0.29, 0.717) is 6.54 Å². The minimum absolute atomic E-state index is 0.244. The van der Waals surface area contributed by atoms with Crippen LogP contribution < -0.4 is 5.32 Å². The number of hydrogen-bond donors (Lipinski definition) is 1. The lowest BCUT2D eigenvalue weighted by Gasteiger charge is -2.10. The molecule has 0 saturated heterocycles. The molecule has 0 spiro atoms. The van der Waals surface area contributed by atoms with Crippen molar-refractivity contribution in [2.45, 2.75) is 16.5 Å². The first-order chi connectivity index (χ1) is 9.20. The van der Waals surface area contributed by atoms with Gasteiger partial charge in [-0.3, -0.25) is 0 Å². The third-order valence-corrected chi connectivity index (χ3v) is 4.87. The zero-order valence-electron chi connectivity index (χ0n) is 10.5. The third-order valence-electron chi connectivity index (χ3n) is 2.42. The zero-order valence-corrected chi connectivity index (χ0v) is 12.9. The number of thioether (sulfide) groups is 1. The molecule has 0 aliphatic rings. The number of benzene rings is 1. The minimum atomic E-state index is 0.244. The van der Waals surface area contributed by atoms with Crippen LogP contribution in [0.2, 0.25) is 5.02 Å². The van der Waals surface area contributed by atoms with Gasteiger partial charge in [-0.05, 0) is 18.6 Å². The van der Waals surface area contributed by atoms with Crippen molar-refractivity contribution < 1.29 is 0 Å². The third kappa shape index (κ3) is 3.96. The van der Waals surface area contributed by atoms with Gasteiger partial charge in [0.1, 0.15) is 0 Å². The minimum Gasteiger partial charge on any atom is -0.357 e. The van der Waals surface area contributed by atoms with Gasteiger partial charge in [0.05, 0.1) is 0 Å². The van der Waals surface area contributed by atoms with E-state index in [1.54, 1.807) is 29.2 Å². The molecule has 0 fully saturated rings. The smallest absolute Gasteiger partial charge is 0.206 e. The summed E-state index contributed by atoms with van der Waals surface area (Å²) >= 11 is 9.39. The fourth-order valence-corrected chi connectivity index (χ4v) is 3.94. The SMILES string of the molecule is C=CCNc1nnc(S[C@@H](C)c2ccccc2Cl)s1. The average Bonchev–Trinajstić information content (AvgIpc) is 2.84. The van der Waals surface area contributed by atoms with Crippen LogP contribution in [0.3, 0.4) is 0 Å². The molecule has 6 heteroatoms. The monoisotopic (exact) mass is 311 g/mol. The summed E-state index contributed by atoms with van der Waals surface area (Å²) in [6.45, 7) is 6.46. The molecule has 1 aromatic carbocycles. The van der Waals surface area contributed by atoms with E-state index in [2.05, 4.69) is 29.0 Å². The summed E-state index contributed by atoms with van der Waals surface area (Å²) in [5.41, 5.74) is 1.12. The van der Waals surface area contributed by atoms with Crippen LogP contribution in [0.5, 0.6) is 0 Å². The molecule has 0 aliphatic heterocycles. The normalized spacial score (nSPS) is 12.1.